The van der Waals surface area contributed by atoms with Gasteiger partial charge in [0.15, 0.2) is 5.96 Å². The molecule has 2 rings (SSSR count). The molecular formula is C18H29ClIN3O3. The molecule has 1 aliphatic rings. The first-order valence-electron chi connectivity index (χ1n) is 8.65. The Hall–Kier alpha value is -0.610. The molecule has 0 spiro atoms. The molecular weight excluding hydrogens is 469 g/mol. The first-order valence-corrected chi connectivity index (χ1v) is 9.03. The number of rotatable bonds is 9. The lowest BCUT2D eigenvalue weighted by Gasteiger charge is -2.19. The molecule has 26 heavy (non-hydrogen) atoms. The van der Waals surface area contributed by atoms with Gasteiger partial charge in [-0.3, -0.25) is 4.99 Å². The maximum atomic E-state index is 6.05. The van der Waals surface area contributed by atoms with E-state index in [4.69, 9.17) is 25.8 Å². The summed E-state index contributed by atoms with van der Waals surface area (Å²) in [6.45, 7) is 3.65. The molecule has 2 atom stereocenters. The lowest BCUT2D eigenvalue weighted by Crippen LogP contribution is -2.40. The summed E-state index contributed by atoms with van der Waals surface area (Å²) in [5, 5.41) is 7.27. The molecule has 0 saturated carbocycles. The summed E-state index contributed by atoms with van der Waals surface area (Å²) in [5.41, 5.74) is 1.03. The second-order valence-electron chi connectivity index (χ2n) is 5.87. The minimum absolute atomic E-state index is 0. The van der Waals surface area contributed by atoms with Crippen molar-refractivity contribution in [1.82, 2.24) is 10.6 Å². The van der Waals surface area contributed by atoms with Crippen LogP contribution in [0.2, 0.25) is 5.02 Å². The molecule has 0 aliphatic carbocycles. The van der Waals surface area contributed by atoms with Crippen LogP contribution in [0.5, 0.6) is 0 Å². The highest BCUT2D eigenvalue weighted by Crippen LogP contribution is 2.19. The second-order valence-corrected chi connectivity index (χ2v) is 6.31. The van der Waals surface area contributed by atoms with Crippen LogP contribution in [0.15, 0.2) is 29.3 Å². The van der Waals surface area contributed by atoms with Crippen molar-refractivity contribution in [2.24, 2.45) is 4.99 Å². The lowest BCUT2D eigenvalue weighted by atomic mass is 10.1. The van der Waals surface area contributed by atoms with Gasteiger partial charge in [0.25, 0.3) is 0 Å². The van der Waals surface area contributed by atoms with Crippen LogP contribution in [0.25, 0.3) is 0 Å². The van der Waals surface area contributed by atoms with Gasteiger partial charge in [0, 0.05) is 45.5 Å². The molecule has 0 radical (unpaired) electrons. The van der Waals surface area contributed by atoms with Gasteiger partial charge in [0.1, 0.15) is 0 Å². The van der Waals surface area contributed by atoms with Crippen molar-refractivity contribution in [3.05, 3.63) is 34.9 Å². The van der Waals surface area contributed by atoms with Crippen molar-refractivity contribution in [2.45, 2.75) is 25.0 Å². The van der Waals surface area contributed by atoms with E-state index in [9.17, 15) is 0 Å². The van der Waals surface area contributed by atoms with Crippen molar-refractivity contribution >= 4 is 41.5 Å². The third-order valence-electron chi connectivity index (χ3n) is 4.04. The van der Waals surface area contributed by atoms with Gasteiger partial charge in [-0.1, -0.05) is 23.7 Å². The summed E-state index contributed by atoms with van der Waals surface area (Å²) in [4.78, 5) is 4.23. The molecule has 1 saturated heterocycles. The van der Waals surface area contributed by atoms with Gasteiger partial charge < -0.3 is 24.8 Å². The fourth-order valence-electron chi connectivity index (χ4n) is 2.63. The monoisotopic (exact) mass is 497 g/mol. The molecule has 148 valence electrons. The number of aliphatic imine (C=N–C) groups is 1. The van der Waals surface area contributed by atoms with Crippen LogP contribution >= 0.6 is 35.6 Å². The Balaban J connectivity index is 0.00000338. The summed E-state index contributed by atoms with van der Waals surface area (Å²) >= 11 is 6.05. The van der Waals surface area contributed by atoms with Gasteiger partial charge >= 0.3 is 0 Å². The Kier molecular flexibility index (Phi) is 12.2. The van der Waals surface area contributed by atoms with Crippen molar-refractivity contribution < 1.29 is 14.2 Å². The van der Waals surface area contributed by atoms with E-state index in [0.717, 1.165) is 50.7 Å². The molecule has 1 aliphatic heterocycles. The van der Waals surface area contributed by atoms with Gasteiger partial charge in [-0.05, 0) is 30.5 Å². The molecule has 6 nitrogen and oxygen atoms in total. The van der Waals surface area contributed by atoms with E-state index in [1.807, 2.05) is 24.3 Å². The van der Waals surface area contributed by atoms with Crippen LogP contribution in [0, 0.1) is 0 Å². The van der Waals surface area contributed by atoms with Crippen molar-refractivity contribution in [1.29, 1.82) is 0 Å². The Morgan fingerprint density at radius 3 is 2.92 bits per heavy atom. The van der Waals surface area contributed by atoms with Gasteiger partial charge in [-0.25, -0.2) is 0 Å². The normalized spacial score (nSPS) is 18.3. The van der Waals surface area contributed by atoms with Crippen LogP contribution in [-0.4, -0.2) is 59.1 Å². The van der Waals surface area contributed by atoms with Crippen LogP contribution in [0.3, 0.4) is 0 Å². The summed E-state index contributed by atoms with van der Waals surface area (Å²) in [6.07, 6.45) is 2.08. The third kappa shape index (κ3) is 8.39. The minimum atomic E-state index is -0.0945. The van der Waals surface area contributed by atoms with E-state index >= 15 is 0 Å². The predicted octanol–water partition coefficient (Wildman–Crippen LogP) is 3.01. The molecule has 1 heterocycles. The van der Waals surface area contributed by atoms with Crippen LogP contribution in [-0.2, 0) is 14.2 Å². The number of guanidine groups is 1. The number of nitrogens with zero attached hydrogens (tertiary/aromatic N) is 1. The van der Waals surface area contributed by atoms with E-state index in [1.165, 1.54) is 0 Å². The van der Waals surface area contributed by atoms with Gasteiger partial charge in [0.2, 0.25) is 0 Å². The minimum Gasteiger partial charge on any atom is -0.379 e. The van der Waals surface area contributed by atoms with Crippen molar-refractivity contribution in [3.63, 3.8) is 0 Å². The molecule has 2 N–H and O–H groups in total. The largest absolute Gasteiger partial charge is 0.379 e. The second kappa shape index (κ2) is 13.5. The maximum Gasteiger partial charge on any atom is 0.191 e. The van der Waals surface area contributed by atoms with E-state index in [0.29, 0.717) is 11.6 Å². The fourth-order valence-corrected chi connectivity index (χ4v) is 2.83. The van der Waals surface area contributed by atoms with E-state index in [1.54, 1.807) is 14.2 Å². The highest BCUT2D eigenvalue weighted by Gasteiger charge is 2.15. The van der Waals surface area contributed by atoms with Crippen LogP contribution in [0.1, 0.15) is 24.5 Å². The van der Waals surface area contributed by atoms with Crippen LogP contribution < -0.4 is 10.6 Å². The van der Waals surface area contributed by atoms with Crippen LogP contribution in [0.4, 0.5) is 0 Å². The Morgan fingerprint density at radius 1 is 1.42 bits per heavy atom. The first kappa shape index (κ1) is 23.4. The molecule has 0 amide bonds. The number of hydrogen-bond donors (Lipinski definition) is 2. The summed E-state index contributed by atoms with van der Waals surface area (Å²) in [5.74, 6) is 0.744. The highest BCUT2D eigenvalue weighted by molar-refractivity contribution is 14.0. The summed E-state index contributed by atoms with van der Waals surface area (Å²) in [6, 6.07) is 7.69. The molecule has 2 unspecified atom stereocenters. The number of hydrogen-bond acceptors (Lipinski definition) is 4. The lowest BCUT2D eigenvalue weighted by molar-refractivity contribution is 0.0419. The van der Waals surface area contributed by atoms with E-state index < -0.39 is 0 Å². The Morgan fingerprint density at radius 2 is 2.27 bits per heavy atom. The Labute approximate surface area is 178 Å². The third-order valence-corrected chi connectivity index (χ3v) is 4.27. The zero-order chi connectivity index (χ0) is 17.9. The predicted molar refractivity (Wildman–Crippen MR) is 116 cm³/mol. The zero-order valence-electron chi connectivity index (χ0n) is 15.4. The number of halogens is 2. The number of benzene rings is 1. The number of ether oxygens (including phenoxy) is 3. The number of nitrogens with one attached hydrogen (secondary N) is 2. The standard InChI is InChI=1S/C18H28ClN3O3.HI/c1-20-18(21-8-4-9-25-16-7-10-24-13-16)22-12-17(23-2)14-5-3-6-15(19)11-14;/h3,5-6,11,16-17H,4,7-10,12-13H2,1-2H3,(H2,20,21,22);1H. The fraction of sp³-hybridized carbons (Fsp3) is 0.611. The van der Waals surface area contributed by atoms with Crippen molar-refractivity contribution in [2.75, 3.05) is 47.1 Å². The SMILES string of the molecule is CN=C(NCCCOC1CCOC1)NCC(OC)c1cccc(Cl)c1.I. The van der Waals surface area contributed by atoms with Gasteiger partial charge in [-0.15, -0.1) is 24.0 Å². The summed E-state index contributed by atoms with van der Waals surface area (Å²) < 4.78 is 16.6. The molecule has 1 aromatic carbocycles. The zero-order valence-corrected chi connectivity index (χ0v) is 18.5. The van der Waals surface area contributed by atoms with E-state index in [2.05, 4.69) is 15.6 Å². The highest BCUT2D eigenvalue weighted by atomic mass is 127. The topological polar surface area (TPSA) is 64.1 Å². The molecule has 0 aromatic heterocycles. The quantitative estimate of drug-likeness (QED) is 0.238. The first-order chi connectivity index (χ1) is 12.2. The Bertz CT molecular complexity index is 542. The average Bonchev–Trinajstić information content (AvgIpc) is 3.13. The van der Waals surface area contributed by atoms with Crippen molar-refractivity contribution in [3.8, 4) is 0 Å². The van der Waals surface area contributed by atoms with E-state index in [-0.39, 0.29) is 36.2 Å². The maximum absolute atomic E-state index is 6.05. The van der Waals surface area contributed by atoms with Gasteiger partial charge in [-0.2, -0.15) is 0 Å². The molecule has 0 bridgehead atoms. The molecule has 1 fully saturated rings. The molecule has 8 heteroatoms. The average molecular weight is 498 g/mol. The number of methoxy groups -OCH3 is 1. The van der Waals surface area contributed by atoms with Gasteiger partial charge in [0.05, 0.1) is 18.8 Å². The molecule has 1 aromatic rings. The summed E-state index contributed by atoms with van der Waals surface area (Å²) in [7, 11) is 3.44. The smallest absolute Gasteiger partial charge is 0.191 e.